The lowest BCUT2D eigenvalue weighted by atomic mass is 10.6. The molecule has 0 spiro atoms. The molecule has 0 aliphatic carbocycles. The topological polar surface area (TPSA) is 80.0 Å². The molecule has 0 fully saturated rings. The number of hydrogen-bond donors (Lipinski definition) is 2. The number of nitrogens with zero attached hydrogens (tertiary/aromatic N) is 3. The first-order valence-electron chi connectivity index (χ1n) is 3.13. The Morgan fingerprint density at radius 3 is 3.00 bits per heavy atom. The summed E-state index contributed by atoms with van der Waals surface area (Å²) in [7, 11) is 0. The van der Waals surface area contributed by atoms with Crippen molar-refractivity contribution in [2.24, 2.45) is 21.5 Å². The zero-order valence-electron chi connectivity index (χ0n) is 5.86. The van der Waals surface area contributed by atoms with E-state index in [0.29, 0.717) is 0 Å². The monoisotopic (exact) mass is 141 g/mol. The molecule has 1 heterocycles. The van der Waals surface area contributed by atoms with Gasteiger partial charge in [0.05, 0.1) is 6.34 Å². The molecule has 4 N–H and O–H groups in total. The lowest BCUT2D eigenvalue weighted by molar-refractivity contribution is 0.346. The maximum atomic E-state index is 5.55. The van der Waals surface area contributed by atoms with Gasteiger partial charge in [-0.1, -0.05) is 0 Å². The summed E-state index contributed by atoms with van der Waals surface area (Å²) in [6, 6.07) is 0. The molecule has 1 rings (SSSR count). The molecular formula is C5H11N5. The molecule has 1 unspecified atom stereocenters. The highest BCUT2D eigenvalue weighted by Crippen LogP contribution is 1.96. The maximum Gasteiger partial charge on any atom is 0.219 e. The normalized spacial score (nSPS) is 24.8. The molecule has 0 radical (unpaired) electrons. The van der Waals surface area contributed by atoms with E-state index in [1.54, 1.807) is 11.2 Å². The molecule has 1 atom stereocenters. The van der Waals surface area contributed by atoms with E-state index < -0.39 is 0 Å². The third-order valence-corrected chi connectivity index (χ3v) is 1.31. The van der Waals surface area contributed by atoms with E-state index in [9.17, 15) is 0 Å². The predicted molar refractivity (Wildman–Crippen MR) is 40.5 cm³/mol. The first-order valence-corrected chi connectivity index (χ1v) is 3.13. The van der Waals surface area contributed by atoms with Crippen molar-refractivity contribution in [2.75, 3.05) is 6.54 Å². The van der Waals surface area contributed by atoms with E-state index in [2.05, 4.69) is 9.98 Å². The first-order chi connectivity index (χ1) is 4.74. The lowest BCUT2D eigenvalue weighted by Gasteiger charge is -2.24. The number of hydrogen-bond acceptors (Lipinski definition) is 5. The van der Waals surface area contributed by atoms with Crippen LogP contribution < -0.4 is 11.5 Å². The van der Waals surface area contributed by atoms with E-state index in [-0.39, 0.29) is 12.2 Å². The molecule has 56 valence electrons. The fourth-order valence-corrected chi connectivity index (χ4v) is 0.713. The predicted octanol–water partition coefficient (Wildman–Crippen LogP) is -1.09. The van der Waals surface area contributed by atoms with E-state index in [1.165, 1.54) is 0 Å². The van der Waals surface area contributed by atoms with E-state index in [0.717, 1.165) is 6.54 Å². The molecule has 0 aromatic carbocycles. The minimum atomic E-state index is -0.359. The van der Waals surface area contributed by atoms with Gasteiger partial charge in [0.25, 0.3) is 0 Å². The molecule has 0 saturated carbocycles. The highest BCUT2D eigenvalue weighted by atomic mass is 15.4. The minimum Gasteiger partial charge on any atom is -0.368 e. The Kier molecular flexibility index (Phi) is 1.86. The van der Waals surface area contributed by atoms with E-state index in [4.69, 9.17) is 11.5 Å². The average molecular weight is 141 g/mol. The zero-order chi connectivity index (χ0) is 7.56. The minimum absolute atomic E-state index is 0.247. The smallest absolute Gasteiger partial charge is 0.219 e. The second kappa shape index (κ2) is 2.66. The van der Waals surface area contributed by atoms with Crippen molar-refractivity contribution >= 4 is 12.3 Å². The summed E-state index contributed by atoms with van der Waals surface area (Å²) in [5.41, 5.74) is 10.8. The first kappa shape index (κ1) is 7.01. The molecule has 1 aliphatic heterocycles. The number of guanidine groups is 1. The van der Waals surface area contributed by atoms with Crippen molar-refractivity contribution in [2.45, 2.75) is 13.2 Å². The summed E-state index contributed by atoms with van der Waals surface area (Å²) in [5, 5.41) is 0. The molecule has 0 bridgehead atoms. The van der Waals surface area contributed by atoms with Crippen molar-refractivity contribution in [3.63, 3.8) is 0 Å². The number of rotatable bonds is 1. The number of aliphatic imine (C=N–C) groups is 2. The summed E-state index contributed by atoms with van der Waals surface area (Å²) < 4.78 is 0. The third-order valence-electron chi connectivity index (χ3n) is 1.31. The van der Waals surface area contributed by atoms with Gasteiger partial charge in [-0.05, 0) is 6.92 Å². The molecule has 0 amide bonds. The van der Waals surface area contributed by atoms with Crippen molar-refractivity contribution in [1.29, 1.82) is 0 Å². The van der Waals surface area contributed by atoms with Crippen molar-refractivity contribution < 1.29 is 0 Å². The standard InChI is InChI=1S/C5H11N5/c1-2-10-3-8-4(6)9-5(10)7/h3,5H,2,7H2,1H3,(H2,6,9). The van der Waals surface area contributed by atoms with Crippen molar-refractivity contribution in [1.82, 2.24) is 4.90 Å². The van der Waals surface area contributed by atoms with Crippen LogP contribution in [0.5, 0.6) is 0 Å². The Labute approximate surface area is 59.4 Å². The molecular weight excluding hydrogens is 130 g/mol. The summed E-state index contributed by atoms with van der Waals surface area (Å²) in [6.07, 6.45) is 1.25. The average Bonchev–Trinajstić information content (AvgIpc) is 1.88. The van der Waals surface area contributed by atoms with Crippen LogP contribution in [0.4, 0.5) is 0 Å². The van der Waals surface area contributed by atoms with Crippen LogP contribution in [0.15, 0.2) is 9.98 Å². The number of nitrogens with two attached hydrogens (primary N) is 2. The van der Waals surface area contributed by atoms with Gasteiger partial charge in [0.15, 0.2) is 6.29 Å². The fourth-order valence-electron chi connectivity index (χ4n) is 0.713. The van der Waals surface area contributed by atoms with Crippen molar-refractivity contribution in [3.8, 4) is 0 Å². The molecule has 10 heavy (non-hydrogen) atoms. The van der Waals surface area contributed by atoms with Gasteiger partial charge in [-0.25, -0.2) is 9.98 Å². The van der Waals surface area contributed by atoms with Gasteiger partial charge < -0.3 is 10.6 Å². The highest BCUT2D eigenvalue weighted by Gasteiger charge is 2.10. The van der Waals surface area contributed by atoms with Crippen LogP contribution in [-0.2, 0) is 0 Å². The van der Waals surface area contributed by atoms with Crippen LogP contribution in [0.1, 0.15) is 6.92 Å². The van der Waals surface area contributed by atoms with Gasteiger partial charge >= 0.3 is 0 Å². The van der Waals surface area contributed by atoms with Crippen LogP contribution >= 0.6 is 0 Å². The molecule has 0 aromatic heterocycles. The molecule has 5 nitrogen and oxygen atoms in total. The zero-order valence-corrected chi connectivity index (χ0v) is 5.86. The Hall–Kier alpha value is -1.10. The van der Waals surface area contributed by atoms with Crippen LogP contribution in [0.2, 0.25) is 0 Å². The SMILES string of the molecule is CCN1C=NC(N)=NC1N. The van der Waals surface area contributed by atoms with Gasteiger partial charge in [0, 0.05) is 6.54 Å². The summed E-state index contributed by atoms with van der Waals surface area (Å²) in [5.74, 6) is 0.247. The van der Waals surface area contributed by atoms with Gasteiger partial charge in [0.2, 0.25) is 5.96 Å². The Morgan fingerprint density at radius 2 is 2.50 bits per heavy atom. The lowest BCUT2D eigenvalue weighted by Crippen LogP contribution is -2.43. The molecule has 0 saturated heterocycles. The van der Waals surface area contributed by atoms with E-state index >= 15 is 0 Å². The van der Waals surface area contributed by atoms with Crippen LogP contribution in [0.3, 0.4) is 0 Å². The van der Waals surface area contributed by atoms with Crippen LogP contribution in [0.25, 0.3) is 0 Å². The van der Waals surface area contributed by atoms with Gasteiger partial charge in [0.1, 0.15) is 0 Å². The molecule has 1 aliphatic rings. The van der Waals surface area contributed by atoms with Gasteiger partial charge in [-0.3, -0.25) is 5.73 Å². The Bertz CT molecular complexity index is 173. The summed E-state index contributed by atoms with van der Waals surface area (Å²) in [4.78, 5) is 9.40. The third kappa shape index (κ3) is 1.24. The second-order valence-electron chi connectivity index (χ2n) is 1.98. The Balaban J connectivity index is 2.64. The Morgan fingerprint density at radius 1 is 1.80 bits per heavy atom. The quantitative estimate of drug-likeness (QED) is 0.486. The van der Waals surface area contributed by atoms with Crippen molar-refractivity contribution in [3.05, 3.63) is 0 Å². The fraction of sp³-hybridized carbons (Fsp3) is 0.600. The molecule has 5 heteroatoms. The van der Waals surface area contributed by atoms with E-state index in [1.807, 2.05) is 6.92 Å². The largest absolute Gasteiger partial charge is 0.368 e. The maximum absolute atomic E-state index is 5.55. The van der Waals surface area contributed by atoms with Crippen LogP contribution in [0, 0.1) is 0 Å². The highest BCUT2D eigenvalue weighted by molar-refractivity contribution is 5.87. The molecule has 0 aromatic rings. The summed E-state index contributed by atoms with van der Waals surface area (Å²) >= 11 is 0. The van der Waals surface area contributed by atoms with Gasteiger partial charge in [-0.15, -0.1) is 0 Å². The van der Waals surface area contributed by atoms with Crippen LogP contribution in [-0.4, -0.2) is 30.0 Å². The van der Waals surface area contributed by atoms with Gasteiger partial charge in [-0.2, -0.15) is 0 Å². The second-order valence-corrected chi connectivity index (χ2v) is 1.98. The summed E-state index contributed by atoms with van der Waals surface area (Å²) in [6.45, 7) is 2.77.